The number of hydrogen-bond donors (Lipinski definition) is 2. The van der Waals surface area contributed by atoms with Crippen LogP contribution in [0.1, 0.15) is 24.4 Å². The zero-order valence-electron chi connectivity index (χ0n) is 11.2. The number of alkyl halides is 3. The van der Waals surface area contributed by atoms with E-state index in [2.05, 4.69) is 5.43 Å². The molecule has 0 radical (unpaired) electrons. The van der Waals surface area contributed by atoms with Gasteiger partial charge in [-0.2, -0.15) is 13.2 Å². The number of benzene rings is 1. The minimum Gasteiger partial charge on any atom is -0.491 e. The molecule has 0 aromatic heterocycles. The Morgan fingerprint density at radius 2 is 1.95 bits per heavy atom. The summed E-state index contributed by atoms with van der Waals surface area (Å²) in [5, 5.41) is 0. The summed E-state index contributed by atoms with van der Waals surface area (Å²) < 4.78 is 47.3. The molecule has 4 nitrogen and oxygen atoms in total. The summed E-state index contributed by atoms with van der Waals surface area (Å²) in [7, 11) is 1.54. The van der Waals surface area contributed by atoms with Crippen molar-refractivity contribution in [2.75, 3.05) is 20.3 Å². The van der Waals surface area contributed by atoms with Crippen molar-refractivity contribution in [2.45, 2.75) is 25.1 Å². The van der Waals surface area contributed by atoms with E-state index in [1.807, 2.05) is 0 Å². The van der Waals surface area contributed by atoms with Crippen LogP contribution in [0, 0.1) is 0 Å². The highest BCUT2D eigenvalue weighted by Gasteiger charge is 2.29. The maximum atomic E-state index is 12.3. The first-order valence-corrected chi connectivity index (χ1v) is 6.21. The average molecular weight is 292 g/mol. The van der Waals surface area contributed by atoms with E-state index in [1.54, 1.807) is 31.4 Å². The van der Waals surface area contributed by atoms with Gasteiger partial charge in [0, 0.05) is 25.1 Å². The van der Waals surface area contributed by atoms with Crippen LogP contribution in [0.5, 0.6) is 5.75 Å². The summed E-state index contributed by atoms with van der Waals surface area (Å²) in [6.07, 6.45) is -5.26. The highest BCUT2D eigenvalue weighted by molar-refractivity contribution is 5.35. The number of nitrogens with one attached hydrogen (secondary N) is 1. The van der Waals surface area contributed by atoms with Gasteiger partial charge in [-0.1, -0.05) is 18.2 Å². The summed E-state index contributed by atoms with van der Waals surface area (Å²) in [6, 6.07) is 6.26. The Morgan fingerprint density at radius 1 is 1.25 bits per heavy atom. The van der Waals surface area contributed by atoms with E-state index in [9.17, 15) is 13.2 Å². The van der Waals surface area contributed by atoms with Gasteiger partial charge in [-0.05, 0) is 12.5 Å². The topological polar surface area (TPSA) is 56.5 Å². The Hall–Kier alpha value is -1.31. The lowest BCUT2D eigenvalue weighted by molar-refractivity contribution is -0.136. The number of para-hydroxylation sites is 1. The zero-order valence-corrected chi connectivity index (χ0v) is 11.2. The molecule has 0 fully saturated rings. The molecule has 0 aliphatic rings. The molecule has 3 N–H and O–H groups in total. The van der Waals surface area contributed by atoms with Gasteiger partial charge in [0.2, 0.25) is 0 Å². The Labute approximate surface area is 116 Å². The number of methoxy groups -OCH3 is 1. The fourth-order valence-electron chi connectivity index (χ4n) is 1.77. The van der Waals surface area contributed by atoms with Gasteiger partial charge >= 0.3 is 6.18 Å². The van der Waals surface area contributed by atoms with Gasteiger partial charge in [0.15, 0.2) is 0 Å². The number of halogens is 3. The standard InChI is InChI=1S/C13H19F3N2O2/c1-19-8-9-20-12-5-3-2-4-10(12)11(18-17)6-7-13(14,15)16/h2-5,11,18H,6-9,17H2,1H3. The van der Waals surface area contributed by atoms with E-state index in [0.29, 0.717) is 24.5 Å². The van der Waals surface area contributed by atoms with Crippen molar-refractivity contribution in [3.8, 4) is 5.75 Å². The number of rotatable bonds is 8. The SMILES string of the molecule is COCCOc1ccccc1C(CCC(F)(F)F)NN. The number of hydrogen-bond acceptors (Lipinski definition) is 4. The third-order valence-corrected chi connectivity index (χ3v) is 2.76. The Kier molecular flexibility index (Phi) is 6.77. The highest BCUT2D eigenvalue weighted by atomic mass is 19.4. The molecule has 0 saturated carbocycles. The lowest BCUT2D eigenvalue weighted by Gasteiger charge is -2.20. The first kappa shape index (κ1) is 16.7. The van der Waals surface area contributed by atoms with E-state index in [-0.39, 0.29) is 6.42 Å². The molecule has 1 aromatic carbocycles. The summed E-state index contributed by atoms with van der Waals surface area (Å²) in [4.78, 5) is 0. The number of nitrogens with two attached hydrogens (primary N) is 1. The van der Waals surface area contributed by atoms with Crippen molar-refractivity contribution in [1.29, 1.82) is 0 Å². The van der Waals surface area contributed by atoms with Crippen LogP contribution in [-0.4, -0.2) is 26.5 Å². The minimum atomic E-state index is -4.21. The van der Waals surface area contributed by atoms with E-state index in [4.69, 9.17) is 15.3 Å². The average Bonchev–Trinajstić information content (AvgIpc) is 2.40. The predicted molar refractivity (Wildman–Crippen MR) is 69.2 cm³/mol. The fraction of sp³-hybridized carbons (Fsp3) is 0.538. The predicted octanol–water partition coefficient (Wildman–Crippen LogP) is 2.56. The molecule has 1 atom stereocenters. The molecular formula is C13H19F3N2O2. The molecule has 114 valence electrons. The molecule has 0 aliphatic heterocycles. The van der Waals surface area contributed by atoms with Crippen LogP contribution in [0.3, 0.4) is 0 Å². The van der Waals surface area contributed by atoms with Gasteiger partial charge in [-0.15, -0.1) is 0 Å². The molecule has 0 amide bonds. The van der Waals surface area contributed by atoms with Crippen molar-refractivity contribution >= 4 is 0 Å². The summed E-state index contributed by atoms with van der Waals surface area (Å²) in [5.41, 5.74) is 3.02. The minimum absolute atomic E-state index is 0.148. The number of hydrazine groups is 1. The molecule has 0 aliphatic carbocycles. The molecule has 0 spiro atoms. The van der Waals surface area contributed by atoms with Crippen LogP contribution >= 0.6 is 0 Å². The van der Waals surface area contributed by atoms with E-state index >= 15 is 0 Å². The van der Waals surface area contributed by atoms with Crippen molar-refractivity contribution in [1.82, 2.24) is 5.43 Å². The Morgan fingerprint density at radius 3 is 2.55 bits per heavy atom. The van der Waals surface area contributed by atoms with Gasteiger partial charge in [0.1, 0.15) is 12.4 Å². The molecule has 1 aromatic rings. The van der Waals surface area contributed by atoms with Crippen LogP contribution in [0.2, 0.25) is 0 Å². The molecule has 1 unspecified atom stereocenters. The second kappa shape index (κ2) is 8.08. The van der Waals surface area contributed by atoms with E-state index in [1.165, 1.54) is 0 Å². The largest absolute Gasteiger partial charge is 0.491 e. The highest BCUT2D eigenvalue weighted by Crippen LogP contribution is 2.31. The maximum absolute atomic E-state index is 12.3. The lowest BCUT2D eigenvalue weighted by Crippen LogP contribution is -2.29. The van der Waals surface area contributed by atoms with Crippen LogP contribution in [0.4, 0.5) is 13.2 Å². The van der Waals surface area contributed by atoms with Gasteiger partial charge < -0.3 is 9.47 Å². The van der Waals surface area contributed by atoms with Crippen LogP contribution in [0.15, 0.2) is 24.3 Å². The second-order valence-electron chi connectivity index (χ2n) is 4.25. The van der Waals surface area contributed by atoms with E-state index in [0.717, 1.165) is 0 Å². The molecule has 1 rings (SSSR count). The second-order valence-corrected chi connectivity index (χ2v) is 4.25. The van der Waals surface area contributed by atoms with Gasteiger partial charge in [0.05, 0.1) is 6.61 Å². The normalized spacial score (nSPS) is 13.2. The third kappa shape index (κ3) is 5.77. The smallest absolute Gasteiger partial charge is 0.389 e. The molecule has 20 heavy (non-hydrogen) atoms. The zero-order chi connectivity index (χ0) is 15.0. The Balaban J connectivity index is 2.75. The van der Waals surface area contributed by atoms with Crippen molar-refractivity contribution in [3.05, 3.63) is 29.8 Å². The first-order chi connectivity index (χ1) is 9.48. The Bertz CT molecular complexity index is 399. The summed E-state index contributed by atoms with van der Waals surface area (Å²) >= 11 is 0. The first-order valence-electron chi connectivity index (χ1n) is 6.21. The van der Waals surface area contributed by atoms with Crippen molar-refractivity contribution in [2.24, 2.45) is 5.84 Å². The van der Waals surface area contributed by atoms with Gasteiger partial charge in [0.25, 0.3) is 0 Å². The van der Waals surface area contributed by atoms with Crippen molar-refractivity contribution < 1.29 is 22.6 Å². The molecule has 0 saturated heterocycles. The monoisotopic (exact) mass is 292 g/mol. The maximum Gasteiger partial charge on any atom is 0.389 e. The van der Waals surface area contributed by atoms with E-state index < -0.39 is 18.6 Å². The third-order valence-electron chi connectivity index (χ3n) is 2.76. The molecule has 0 bridgehead atoms. The van der Waals surface area contributed by atoms with Crippen LogP contribution in [0.25, 0.3) is 0 Å². The molecular weight excluding hydrogens is 273 g/mol. The van der Waals surface area contributed by atoms with Gasteiger partial charge in [-0.3, -0.25) is 11.3 Å². The summed E-state index contributed by atoms with van der Waals surface area (Å²) in [5.74, 6) is 5.87. The number of ether oxygens (including phenoxy) is 2. The summed E-state index contributed by atoms with van der Waals surface area (Å²) in [6.45, 7) is 0.724. The fourth-order valence-corrected chi connectivity index (χ4v) is 1.77. The van der Waals surface area contributed by atoms with Crippen molar-refractivity contribution in [3.63, 3.8) is 0 Å². The lowest BCUT2D eigenvalue weighted by atomic mass is 10.0. The quantitative estimate of drug-likeness (QED) is 0.439. The van der Waals surface area contributed by atoms with Crippen LogP contribution < -0.4 is 16.0 Å². The molecule has 0 heterocycles. The molecule has 7 heteroatoms. The van der Waals surface area contributed by atoms with Crippen LogP contribution in [-0.2, 0) is 4.74 Å². The van der Waals surface area contributed by atoms with Gasteiger partial charge in [-0.25, -0.2) is 0 Å².